The van der Waals surface area contributed by atoms with Crippen molar-refractivity contribution in [2.24, 2.45) is 5.73 Å². The molecule has 4 bridgehead atoms. The molecule has 15 atom stereocenters. The van der Waals surface area contributed by atoms with Crippen LogP contribution in [0.1, 0.15) is 26.5 Å². The number of aliphatic hydroxyl groups excluding tert-OH is 6. The quantitative estimate of drug-likeness (QED) is 0.0617. The molecule has 6 rings (SSSR count). The summed E-state index contributed by atoms with van der Waals surface area (Å²) in [5.74, 6) is -9.07. The first-order valence-corrected chi connectivity index (χ1v) is 23.0. The molecule has 6 heterocycles. The van der Waals surface area contributed by atoms with Crippen molar-refractivity contribution in [1.29, 1.82) is 0 Å². The molecule has 0 aliphatic carbocycles. The minimum Gasteiger partial charge on any atom is -0.480 e. The molecule has 2 aromatic rings. The number of phosphoric acid groups is 2. The highest BCUT2D eigenvalue weighted by Gasteiger charge is 2.62. The number of rotatable bonds is 18. The Labute approximate surface area is 383 Å². The number of nitrogens with one attached hydrogen (secondary N) is 5. The summed E-state index contributed by atoms with van der Waals surface area (Å²) in [6, 6.07) is -7.98. The molecule has 0 saturated carbocycles. The van der Waals surface area contributed by atoms with Crippen LogP contribution in [0.4, 0.5) is 5.95 Å². The summed E-state index contributed by atoms with van der Waals surface area (Å²) < 4.78 is 69.9. The molecule has 4 aliphatic rings. The van der Waals surface area contributed by atoms with E-state index in [1.165, 1.54) is 13.8 Å². The van der Waals surface area contributed by atoms with Crippen LogP contribution in [0.25, 0.3) is 11.2 Å². The van der Waals surface area contributed by atoms with Crippen molar-refractivity contribution < 1.29 is 121 Å². The average molecular weight is 1040 g/mol. The number of nitrogens with zero attached hydrogens (tertiary/aromatic N) is 3. The number of aromatic nitrogens is 4. The number of amides is 4. The first-order chi connectivity index (χ1) is 32.2. The Morgan fingerprint density at radius 1 is 0.841 bits per heavy atom. The molecule has 2 aromatic heterocycles. The zero-order valence-electron chi connectivity index (χ0n) is 35.4. The second-order valence-electron chi connectivity index (χ2n) is 15.8. The molecule has 3 fully saturated rings. The number of hydrogen-bond donors (Lipinski definition) is 16. The van der Waals surface area contributed by atoms with Crippen LogP contribution in [-0.4, -0.2) is 211 Å². The zero-order chi connectivity index (χ0) is 51.1. The van der Waals surface area contributed by atoms with Gasteiger partial charge in [0, 0.05) is 0 Å². The van der Waals surface area contributed by atoms with Crippen molar-refractivity contribution in [2.75, 3.05) is 31.7 Å². The monoisotopic (exact) mass is 1040 g/mol. The number of fused-ring (bicyclic) bond motifs is 11. The second-order valence-corrected chi connectivity index (χ2v) is 18.6. The number of anilines is 1. The molecule has 4 aliphatic heterocycles. The number of nitrogens with two attached hydrogens (primary N) is 1. The van der Waals surface area contributed by atoms with Gasteiger partial charge in [-0.25, -0.2) is 18.5 Å². The van der Waals surface area contributed by atoms with Crippen LogP contribution >= 0.6 is 15.6 Å². The summed E-state index contributed by atoms with van der Waals surface area (Å²) in [5.41, 5.74) is 3.06. The molecule has 0 aromatic carbocycles. The van der Waals surface area contributed by atoms with Gasteiger partial charge in [0.25, 0.3) is 11.5 Å². The van der Waals surface area contributed by atoms with E-state index in [0.717, 1.165) is 4.57 Å². The fourth-order valence-electron chi connectivity index (χ4n) is 7.25. The third kappa shape index (κ3) is 12.1. The van der Waals surface area contributed by atoms with Crippen LogP contribution in [0.15, 0.2) is 4.79 Å². The van der Waals surface area contributed by atoms with Crippen molar-refractivity contribution in [3.05, 3.63) is 10.4 Å². The van der Waals surface area contributed by atoms with Crippen LogP contribution in [0.3, 0.4) is 0 Å². The first kappa shape index (κ1) is 53.6. The van der Waals surface area contributed by atoms with Gasteiger partial charge in [0.05, 0.1) is 32.8 Å². The van der Waals surface area contributed by atoms with Gasteiger partial charge in [-0.3, -0.25) is 38.8 Å². The maximum atomic E-state index is 13.6. The van der Waals surface area contributed by atoms with Gasteiger partial charge >= 0.3 is 27.6 Å². The third-order valence-corrected chi connectivity index (χ3v) is 12.5. The molecular formula is C32H47N9O26P2. The number of phosphoric ester groups is 1. The molecule has 4 amide bonds. The second kappa shape index (κ2) is 20.9. The molecule has 37 heteroatoms. The first-order valence-electron chi connectivity index (χ1n) is 20.0. The highest BCUT2D eigenvalue weighted by atomic mass is 31.3. The van der Waals surface area contributed by atoms with E-state index in [0.29, 0.717) is 0 Å². The number of aromatic amines is 1. The van der Waals surface area contributed by atoms with E-state index in [1.807, 2.05) is 16.0 Å². The topological polar surface area (TPSA) is 533 Å². The van der Waals surface area contributed by atoms with Crippen LogP contribution in [-0.2, 0) is 65.6 Å². The van der Waals surface area contributed by atoms with Crippen LogP contribution < -0.4 is 37.3 Å². The van der Waals surface area contributed by atoms with E-state index in [-0.39, 0.29) is 0 Å². The van der Waals surface area contributed by atoms with E-state index < -0.39 is 198 Å². The van der Waals surface area contributed by atoms with Crippen molar-refractivity contribution >= 4 is 62.4 Å². The normalized spacial score (nSPS) is 29.9. The Hall–Kier alpha value is -4.72. The molecule has 0 radical (unpaired) electrons. The van der Waals surface area contributed by atoms with Gasteiger partial charge in [0.15, 0.2) is 29.5 Å². The molecule has 35 nitrogen and oxygen atoms in total. The lowest BCUT2D eigenvalue weighted by Gasteiger charge is -2.42. The zero-order valence-corrected chi connectivity index (χ0v) is 37.2. The summed E-state index contributed by atoms with van der Waals surface area (Å²) in [4.78, 5) is 116. The Bertz CT molecular complexity index is 2440. The highest BCUT2D eigenvalue weighted by molar-refractivity contribution is 7.60. The van der Waals surface area contributed by atoms with Crippen LogP contribution in [0.5, 0.6) is 6.01 Å². The average Bonchev–Trinajstić information content (AvgIpc) is 3.89. The number of aliphatic carboxylic acids is 1. The minimum atomic E-state index is -5.89. The SMILES string of the molecule is CC1(C)O[C@@H]2[C@@H]3O[C@H]([C@@H]2O1)n1c(nc2c(=O)[nH]c(NC(=O)[C@H](CO)NC(=O)C[C@H](NC(=O)[C@H](CO)NC(=O)[C@@H](N)CO)C(=O)O)nc21)O[C@H]1O[C@H](CO)[C@@H](O)[C@H](O[C@H]3OP(=O)(O)OP(=O)(O)O)[C@@H]1O. The van der Waals surface area contributed by atoms with E-state index in [4.69, 9.17) is 43.8 Å². The van der Waals surface area contributed by atoms with E-state index in [9.17, 15) is 83.2 Å². The Morgan fingerprint density at radius 3 is 2.09 bits per heavy atom. The maximum Gasteiger partial charge on any atom is 0.483 e. The molecule has 17 N–H and O–H groups in total. The summed E-state index contributed by atoms with van der Waals surface area (Å²) in [6.45, 7) is -1.27. The van der Waals surface area contributed by atoms with Gasteiger partial charge in [-0.15, -0.1) is 0 Å². The van der Waals surface area contributed by atoms with Crippen molar-refractivity contribution in [2.45, 2.75) is 112 Å². The maximum absolute atomic E-state index is 13.6. The van der Waals surface area contributed by atoms with Gasteiger partial charge < -0.3 is 101 Å². The van der Waals surface area contributed by atoms with Gasteiger partial charge in [-0.1, -0.05) is 0 Å². The standard InChI is InChI=1S/C32H47N9O26P2/c1-32(2)64-18-19(65-32)26-41-21-14(37-31(41)63-28-16(48)17(15(47)12(7-45)60-28)62-29(20(18)61-26)66-69(58,59)67-68(55,56)57)25(52)40-30(38-21)39-24(51)10(5-43)34-13(46)3-9(27(53)54)35-23(50)11(6-44)36-22(49)8(33)4-42/h8-12,15-20,26,28-29,42-45,47-48H,3-7,33H2,1-2H3,(H,34,46)(H,35,50)(H,36,49)(H,53,54)(H,58,59)(H2,55,56,57)(H2,38,39,40,51,52)/t8-,9-,10-,11-,12+,15+,16-,17-,18-,19+,20-,26+,28+,29-/m0/s1. The van der Waals surface area contributed by atoms with Gasteiger partial charge in [-0.05, 0) is 13.8 Å². The lowest BCUT2D eigenvalue weighted by atomic mass is 9.98. The number of carbonyl (C=O) groups is 5. The number of carboxylic acid groups (broad SMARTS) is 1. The van der Waals surface area contributed by atoms with Gasteiger partial charge in [0.1, 0.15) is 66.9 Å². The number of aliphatic hydroxyl groups is 6. The van der Waals surface area contributed by atoms with E-state index >= 15 is 0 Å². The number of carbonyl (C=O) groups excluding carboxylic acids is 4. The van der Waals surface area contributed by atoms with Crippen molar-refractivity contribution in [1.82, 2.24) is 35.5 Å². The fourth-order valence-corrected chi connectivity index (χ4v) is 8.91. The van der Waals surface area contributed by atoms with Crippen LogP contribution in [0, 0.1) is 0 Å². The Morgan fingerprint density at radius 2 is 1.48 bits per heavy atom. The summed E-state index contributed by atoms with van der Waals surface area (Å²) in [7, 11) is -11.7. The summed E-state index contributed by atoms with van der Waals surface area (Å²) in [5, 5.41) is 78.9. The van der Waals surface area contributed by atoms with Crippen molar-refractivity contribution in [3.63, 3.8) is 0 Å². The number of hydrogen-bond acceptors (Lipinski definition) is 25. The number of imidazole rings is 1. The minimum absolute atomic E-state index is 0.557. The van der Waals surface area contributed by atoms with Gasteiger partial charge in [0.2, 0.25) is 30.0 Å². The van der Waals surface area contributed by atoms with Crippen LogP contribution in [0.2, 0.25) is 0 Å². The molecule has 0 spiro atoms. The van der Waals surface area contributed by atoms with E-state index in [1.54, 1.807) is 0 Å². The number of carboxylic acids is 1. The number of ether oxygens (including phenoxy) is 6. The predicted molar refractivity (Wildman–Crippen MR) is 213 cm³/mol. The molecular weight excluding hydrogens is 988 g/mol. The lowest BCUT2D eigenvalue weighted by molar-refractivity contribution is -0.316. The fraction of sp³-hybridized carbons (Fsp3) is 0.688. The molecule has 69 heavy (non-hydrogen) atoms. The van der Waals surface area contributed by atoms with E-state index in [2.05, 4.69) is 24.6 Å². The lowest BCUT2D eigenvalue weighted by Crippen LogP contribution is -2.62. The predicted octanol–water partition coefficient (Wildman–Crippen LogP) is -8.52. The Balaban J connectivity index is 1.31. The molecule has 386 valence electrons. The smallest absolute Gasteiger partial charge is 0.480 e. The molecule has 1 unspecified atom stereocenters. The summed E-state index contributed by atoms with van der Waals surface area (Å²) in [6.07, 6.45) is -19.9. The number of H-pyrrole nitrogens is 1. The summed E-state index contributed by atoms with van der Waals surface area (Å²) >= 11 is 0. The van der Waals surface area contributed by atoms with Crippen molar-refractivity contribution in [3.8, 4) is 6.01 Å². The largest absolute Gasteiger partial charge is 0.483 e. The highest BCUT2D eigenvalue weighted by Crippen LogP contribution is 2.59. The molecule has 3 saturated heterocycles. The third-order valence-electron chi connectivity index (χ3n) is 10.3. The Kier molecular flexibility index (Phi) is 16.3. The van der Waals surface area contributed by atoms with Gasteiger partial charge in [-0.2, -0.15) is 14.3 Å².